The van der Waals surface area contributed by atoms with E-state index >= 15 is 0 Å². The molecule has 3 aromatic rings. The van der Waals surface area contributed by atoms with Gasteiger partial charge in [0.05, 0.1) is 28.1 Å². The number of hydrogen-bond acceptors (Lipinski definition) is 5. The summed E-state index contributed by atoms with van der Waals surface area (Å²) in [5.41, 5.74) is -2.50. The van der Waals surface area contributed by atoms with Gasteiger partial charge in [-0.05, 0) is 67.4 Å². The molecule has 1 atom stereocenters. The summed E-state index contributed by atoms with van der Waals surface area (Å²) in [6.07, 6.45) is -6.00. The van der Waals surface area contributed by atoms with Gasteiger partial charge in [0.1, 0.15) is 23.4 Å². The first-order valence-electron chi connectivity index (χ1n) is 12.0. The third-order valence-electron chi connectivity index (χ3n) is 6.39. The number of anilines is 1. The number of hydrogen-bond donors (Lipinski definition) is 1. The topological polar surface area (TPSA) is 93.1 Å². The predicted molar refractivity (Wildman–Crippen MR) is 141 cm³/mol. The Morgan fingerprint density at radius 2 is 1.76 bits per heavy atom. The minimum absolute atomic E-state index is 0. The van der Waals surface area contributed by atoms with Crippen LogP contribution in [-0.2, 0) is 21.0 Å². The molecule has 0 unspecified atom stereocenters. The maximum Gasteiger partial charge on any atom is 0.416 e. The third kappa shape index (κ3) is 7.33. The van der Waals surface area contributed by atoms with Crippen LogP contribution in [0.15, 0.2) is 65.6 Å². The Hall–Kier alpha value is -2.94. The SMILES string of the molecule is CC(C)(C[C@H]1CN(S(=O)(=O)c2cccc(C(F)(F)F)c2)c2cc(-c3cc(F)cc(OC(F)F)c3)ccc2O1)C(=O)O.[Na]. The van der Waals surface area contributed by atoms with E-state index in [1.165, 1.54) is 32.0 Å². The largest absolute Gasteiger partial charge is 0.486 e. The van der Waals surface area contributed by atoms with Gasteiger partial charge in [0, 0.05) is 42.0 Å². The van der Waals surface area contributed by atoms with Crippen molar-refractivity contribution in [2.24, 2.45) is 5.41 Å². The summed E-state index contributed by atoms with van der Waals surface area (Å²) >= 11 is 0. The van der Waals surface area contributed by atoms with Crippen LogP contribution in [0.5, 0.6) is 11.5 Å². The molecule has 0 aromatic heterocycles. The van der Waals surface area contributed by atoms with Gasteiger partial charge in [-0.2, -0.15) is 22.0 Å². The van der Waals surface area contributed by atoms with Crippen molar-refractivity contribution in [3.05, 3.63) is 72.0 Å². The third-order valence-corrected chi connectivity index (χ3v) is 8.16. The summed E-state index contributed by atoms with van der Waals surface area (Å²) in [5.74, 6) is -2.63. The quantitative estimate of drug-likeness (QED) is 0.237. The number of carboxylic acid groups (broad SMARTS) is 1. The number of carbonyl (C=O) groups is 1. The van der Waals surface area contributed by atoms with Gasteiger partial charge in [-0.15, -0.1) is 0 Å². The predicted octanol–water partition coefficient (Wildman–Crippen LogP) is 6.19. The van der Waals surface area contributed by atoms with E-state index in [0.29, 0.717) is 12.1 Å². The summed E-state index contributed by atoms with van der Waals surface area (Å²) in [6.45, 7) is -0.881. The van der Waals surface area contributed by atoms with Crippen LogP contribution in [-0.4, -0.2) is 68.3 Å². The zero-order chi connectivity index (χ0) is 30.3. The van der Waals surface area contributed by atoms with E-state index in [1.54, 1.807) is 0 Å². The van der Waals surface area contributed by atoms with Gasteiger partial charge in [0.25, 0.3) is 10.0 Å². The molecule has 0 aliphatic carbocycles. The number of rotatable bonds is 8. The van der Waals surface area contributed by atoms with Crippen molar-refractivity contribution in [3.63, 3.8) is 0 Å². The van der Waals surface area contributed by atoms with Crippen LogP contribution in [0, 0.1) is 11.2 Å². The number of benzene rings is 3. The molecule has 1 radical (unpaired) electrons. The molecule has 1 aliphatic rings. The average molecular weight is 627 g/mol. The number of nitrogens with zero attached hydrogens (tertiary/aromatic N) is 1. The molecule has 7 nitrogen and oxygen atoms in total. The number of sulfonamides is 1. The molecule has 0 spiro atoms. The van der Waals surface area contributed by atoms with E-state index in [1.807, 2.05) is 0 Å². The van der Waals surface area contributed by atoms with Gasteiger partial charge in [-0.1, -0.05) is 12.1 Å². The standard InChI is InChI=1S/C27H23F6NO6S.Na/c1-26(2,24(35)36)13-20-14-34(41(37,38)21-5-3-4-17(11-21)27(31,32)33)22-10-15(6-7-23(22)39-20)16-8-18(28)12-19(9-16)40-25(29)30;/h3-12,20,25H,13-14H2,1-2H3,(H,35,36);/t20-;/m0./s1. The minimum atomic E-state index is -4.83. The fraction of sp³-hybridized carbons (Fsp3) is 0.296. The van der Waals surface area contributed by atoms with E-state index in [4.69, 9.17) is 4.74 Å². The van der Waals surface area contributed by atoms with Crippen LogP contribution in [0.25, 0.3) is 11.1 Å². The smallest absolute Gasteiger partial charge is 0.416 e. The normalized spacial score (nSPS) is 15.5. The zero-order valence-corrected chi connectivity index (χ0v) is 25.3. The van der Waals surface area contributed by atoms with Crippen molar-refractivity contribution in [1.29, 1.82) is 0 Å². The maximum atomic E-state index is 14.2. The fourth-order valence-electron chi connectivity index (χ4n) is 4.34. The van der Waals surface area contributed by atoms with E-state index in [-0.39, 0.29) is 58.5 Å². The summed E-state index contributed by atoms with van der Waals surface area (Å²) < 4.78 is 118. The zero-order valence-electron chi connectivity index (χ0n) is 22.5. The Balaban J connectivity index is 0.00000484. The number of ether oxygens (including phenoxy) is 2. The Kier molecular flexibility index (Phi) is 9.87. The molecule has 0 saturated heterocycles. The van der Waals surface area contributed by atoms with Crippen LogP contribution < -0.4 is 13.8 Å². The first kappa shape index (κ1) is 33.6. The molecule has 221 valence electrons. The molecule has 1 aliphatic heterocycles. The van der Waals surface area contributed by atoms with Gasteiger partial charge in [-0.3, -0.25) is 9.10 Å². The van der Waals surface area contributed by atoms with Crippen LogP contribution in [0.1, 0.15) is 25.8 Å². The molecule has 0 amide bonds. The summed E-state index contributed by atoms with van der Waals surface area (Å²) in [6, 6.07) is 9.90. The van der Waals surface area contributed by atoms with Crippen molar-refractivity contribution >= 4 is 51.2 Å². The second kappa shape index (κ2) is 12.3. The van der Waals surface area contributed by atoms with Crippen LogP contribution >= 0.6 is 0 Å². The van der Waals surface area contributed by atoms with E-state index < -0.39 is 68.9 Å². The molecule has 0 fully saturated rings. The number of aliphatic carboxylic acids is 1. The van der Waals surface area contributed by atoms with Crippen LogP contribution in [0.3, 0.4) is 0 Å². The monoisotopic (exact) mass is 626 g/mol. The molecule has 4 rings (SSSR count). The molecule has 1 heterocycles. The Labute approximate surface area is 259 Å². The fourth-order valence-corrected chi connectivity index (χ4v) is 5.89. The molecular formula is C27H23F6NNaO6S. The summed E-state index contributed by atoms with van der Waals surface area (Å²) in [5, 5.41) is 9.56. The molecule has 15 heteroatoms. The van der Waals surface area contributed by atoms with Crippen LogP contribution in [0.2, 0.25) is 0 Å². The Morgan fingerprint density at radius 3 is 2.38 bits per heavy atom. The van der Waals surface area contributed by atoms with Crippen molar-refractivity contribution in [3.8, 4) is 22.6 Å². The van der Waals surface area contributed by atoms with E-state index in [2.05, 4.69) is 4.74 Å². The summed E-state index contributed by atoms with van der Waals surface area (Å²) in [4.78, 5) is 11.0. The number of halogens is 6. The molecular weight excluding hydrogens is 603 g/mol. The molecule has 3 aromatic carbocycles. The van der Waals surface area contributed by atoms with Crippen molar-refractivity contribution in [2.75, 3.05) is 10.8 Å². The number of alkyl halides is 5. The molecule has 1 N–H and O–H groups in total. The second-order valence-electron chi connectivity index (χ2n) is 9.93. The van der Waals surface area contributed by atoms with Gasteiger partial charge < -0.3 is 14.6 Å². The van der Waals surface area contributed by atoms with E-state index in [9.17, 15) is 44.7 Å². The molecule has 0 saturated carbocycles. The number of fused-ring (bicyclic) bond motifs is 1. The van der Waals surface area contributed by atoms with Gasteiger partial charge in [0.2, 0.25) is 0 Å². The summed E-state index contributed by atoms with van der Waals surface area (Å²) in [7, 11) is -4.69. The first-order chi connectivity index (χ1) is 19.0. The van der Waals surface area contributed by atoms with E-state index in [0.717, 1.165) is 34.6 Å². The molecule has 0 bridgehead atoms. The Bertz CT molecular complexity index is 1580. The van der Waals surface area contributed by atoms with Gasteiger partial charge in [0.15, 0.2) is 0 Å². The first-order valence-corrected chi connectivity index (χ1v) is 13.4. The Morgan fingerprint density at radius 1 is 1.07 bits per heavy atom. The minimum Gasteiger partial charge on any atom is -0.486 e. The van der Waals surface area contributed by atoms with Gasteiger partial charge in [-0.25, -0.2) is 12.8 Å². The van der Waals surface area contributed by atoms with Crippen molar-refractivity contribution < 1.29 is 54.1 Å². The molecule has 42 heavy (non-hydrogen) atoms. The number of carboxylic acids is 1. The van der Waals surface area contributed by atoms with Gasteiger partial charge >= 0.3 is 18.8 Å². The average Bonchev–Trinajstić information content (AvgIpc) is 2.86. The van der Waals surface area contributed by atoms with Crippen LogP contribution in [0.4, 0.5) is 32.0 Å². The van der Waals surface area contributed by atoms with Crippen molar-refractivity contribution in [2.45, 2.75) is 44.1 Å². The second-order valence-corrected chi connectivity index (χ2v) is 11.8. The van der Waals surface area contributed by atoms with Crippen molar-refractivity contribution in [1.82, 2.24) is 0 Å². The maximum absolute atomic E-state index is 14.2.